The highest BCUT2D eigenvalue weighted by Crippen LogP contribution is 2.27. The zero-order valence-corrected chi connectivity index (χ0v) is 10.5. The van der Waals surface area contributed by atoms with Gasteiger partial charge >= 0.3 is 0 Å². The number of likely N-dealkylation sites (N-methyl/N-ethyl adjacent to an activating group) is 1. The summed E-state index contributed by atoms with van der Waals surface area (Å²) in [5, 5.41) is 3.29. The molecule has 0 spiro atoms. The van der Waals surface area contributed by atoms with Crippen molar-refractivity contribution in [3.05, 3.63) is 0 Å². The summed E-state index contributed by atoms with van der Waals surface area (Å²) >= 11 is 0. The van der Waals surface area contributed by atoms with Crippen LogP contribution in [0.25, 0.3) is 0 Å². The van der Waals surface area contributed by atoms with E-state index in [-0.39, 0.29) is 5.41 Å². The second-order valence-electron chi connectivity index (χ2n) is 5.21. The summed E-state index contributed by atoms with van der Waals surface area (Å²) in [6.45, 7) is 11.1. The molecule has 0 aromatic carbocycles. The van der Waals surface area contributed by atoms with Gasteiger partial charge in [-0.2, -0.15) is 0 Å². The molecule has 0 aromatic rings. The Balaban J connectivity index is 1.91. The summed E-state index contributed by atoms with van der Waals surface area (Å²) < 4.78 is 0. The number of carbonyl (C=O) groups is 1. The Morgan fingerprint density at radius 2 is 2.00 bits per heavy atom. The van der Waals surface area contributed by atoms with E-state index in [1.807, 2.05) is 0 Å². The summed E-state index contributed by atoms with van der Waals surface area (Å²) in [6, 6.07) is 0. The molecule has 1 N–H and O–H groups in total. The van der Waals surface area contributed by atoms with Crippen LogP contribution in [0.1, 0.15) is 20.3 Å². The van der Waals surface area contributed by atoms with Crippen LogP contribution in [0.2, 0.25) is 0 Å². The van der Waals surface area contributed by atoms with Crippen LogP contribution in [0, 0.1) is 5.41 Å². The molecule has 1 atom stereocenters. The number of piperazine rings is 1. The third-order valence-corrected chi connectivity index (χ3v) is 3.99. The molecule has 2 aliphatic rings. The molecule has 0 bridgehead atoms. The molecule has 0 saturated carbocycles. The Morgan fingerprint density at radius 1 is 1.31 bits per heavy atom. The van der Waals surface area contributed by atoms with E-state index in [1.54, 1.807) is 0 Å². The third-order valence-electron chi connectivity index (χ3n) is 3.99. The van der Waals surface area contributed by atoms with E-state index in [2.05, 4.69) is 29.0 Å². The quantitative estimate of drug-likeness (QED) is 0.726. The highest BCUT2D eigenvalue weighted by atomic mass is 16.2. The molecule has 1 unspecified atom stereocenters. The first-order valence-corrected chi connectivity index (χ1v) is 6.38. The third kappa shape index (κ3) is 2.23. The average Bonchev–Trinajstić information content (AvgIpc) is 2.77. The van der Waals surface area contributed by atoms with Gasteiger partial charge in [0.1, 0.15) is 0 Å². The van der Waals surface area contributed by atoms with Gasteiger partial charge < -0.3 is 15.1 Å². The predicted octanol–water partition coefficient (Wildman–Crippen LogP) is 0.150. The minimum absolute atomic E-state index is 0.144. The largest absolute Gasteiger partial charge is 0.340 e. The maximum absolute atomic E-state index is 12.4. The van der Waals surface area contributed by atoms with Gasteiger partial charge in [-0.15, -0.1) is 0 Å². The van der Waals surface area contributed by atoms with E-state index in [9.17, 15) is 4.79 Å². The van der Waals surface area contributed by atoms with Crippen LogP contribution in [0.15, 0.2) is 0 Å². The number of rotatable bonds is 2. The molecule has 2 heterocycles. The molecule has 0 radical (unpaired) electrons. The summed E-state index contributed by atoms with van der Waals surface area (Å²) in [6.07, 6.45) is 0.986. The standard InChI is InChI=1S/C12H23N3O/c1-3-14-6-8-15(9-7-14)11(16)12(2)4-5-13-10-12/h13H,3-10H2,1-2H3. The maximum Gasteiger partial charge on any atom is 0.229 e. The molecule has 0 aliphatic carbocycles. The van der Waals surface area contributed by atoms with Crippen LogP contribution in [0.3, 0.4) is 0 Å². The lowest BCUT2D eigenvalue weighted by atomic mass is 9.88. The van der Waals surface area contributed by atoms with Crippen molar-refractivity contribution in [2.75, 3.05) is 45.8 Å². The number of hydrogen-bond acceptors (Lipinski definition) is 3. The molecule has 1 amide bonds. The number of hydrogen-bond donors (Lipinski definition) is 1. The van der Waals surface area contributed by atoms with Gasteiger partial charge in [-0.25, -0.2) is 0 Å². The number of carbonyl (C=O) groups excluding carboxylic acids is 1. The van der Waals surface area contributed by atoms with Gasteiger partial charge in [-0.1, -0.05) is 6.92 Å². The normalized spacial score (nSPS) is 32.0. The molecule has 92 valence electrons. The summed E-state index contributed by atoms with van der Waals surface area (Å²) in [5.74, 6) is 0.355. The van der Waals surface area contributed by atoms with Gasteiger partial charge in [-0.05, 0) is 26.4 Å². The van der Waals surface area contributed by atoms with Crippen LogP contribution in [0.5, 0.6) is 0 Å². The fourth-order valence-corrected chi connectivity index (χ4v) is 2.65. The lowest BCUT2D eigenvalue weighted by molar-refractivity contribution is -0.142. The Labute approximate surface area is 98.0 Å². The zero-order valence-electron chi connectivity index (χ0n) is 10.5. The summed E-state index contributed by atoms with van der Waals surface area (Å²) in [5.41, 5.74) is -0.144. The molecule has 2 fully saturated rings. The first-order valence-electron chi connectivity index (χ1n) is 6.38. The van der Waals surface area contributed by atoms with E-state index in [0.29, 0.717) is 5.91 Å². The first-order chi connectivity index (χ1) is 7.65. The van der Waals surface area contributed by atoms with Crippen LogP contribution in [-0.4, -0.2) is 61.5 Å². The van der Waals surface area contributed by atoms with Gasteiger partial charge in [-0.3, -0.25) is 4.79 Å². The molecular weight excluding hydrogens is 202 g/mol. The van der Waals surface area contributed by atoms with E-state index >= 15 is 0 Å². The number of nitrogens with one attached hydrogen (secondary N) is 1. The van der Waals surface area contributed by atoms with Crippen LogP contribution < -0.4 is 5.32 Å². The van der Waals surface area contributed by atoms with Gasteiger partial charge in [0.25, 0.3) is 0 Å². The van der Waals surface area contributed by atoms with E-state index in [0.717, 1.165) is 52.2 Å². The molecule has 2 saturated heterocycles. The Hall–Kier alpha value is -0.610. The van der Waals surface area contributed by atoms with Crippen molar-refractivity contribution in [1.29, 1.82) is 0 Å². The predicted molar refractivity (Wildman–Crippen MR) is 64.3 cm³/mol. The van der Waals surface area contributed by atoms with Crippen LogP contribution in [0.4, 0.5) is 0 Å². The Bertz CT molecular complexity index is 253. The Morgan fingerprint density at radius 3 is 2.50 bits per heavy atom. The van der Waals surface area contributed by atoms with Gasteiger partial charge in [0.2, 0.25) is 5.91 Å². The molecule has 2 rings (SSSR count). The van der Waals surface area contributed by atoms with E-state index in [4.69, 9.17) is 0 Å². The van der Waals surface area contributed by atoms with Crippen molar-refractivity contribution in [2.24, 2.45) is 5.41 Å². The van der Waals surface area contributed by atoms with E-state index < -0.39 is 0 Å². The van der Waals surface area contributed by atoms with Crippen molar-refractivity contribution in [3.8, 4) is 0 Å². The minimum atomic E-state index is -0.144. The molecule has 4 nitrogen and oxygen atoms in total. The van der Waals surface area contributed by atoms with Crippen LogP contribution >= 0.6 is 0 Å². The topological polar surface area (TPSA) is 35.6 Å². The molecule has 0 aromatic heterocycles. The van der Waals surface area contributed by atoms with Gasteiger partial charge in [0.05, 0.1) is 5.41 Å². The van der Waals surface area contributed by atoms with Gasteiger partial charge in [0, 0.05) is 32.7 Å². The van der Waals surface area contributed by atoms with Crippen molar-refractivity contribution in [3.63, 3.8) is 0 Å². The van der Waals surface area contributed by atoms with Gasteiger partial charge in [0.15, 0.2) is 0 Å². The highest BCUT2D eigenvalue weighted by molar-refractivity contribution is 5.83. The number of nitrogens with zero attached hydrogens (tertiary/aromatic N) is 2. The second kappa shape index (κ2) is 4.72. The van der Waals surface area contributed by atoms with Crippen molar-refractivity contribution in [1.82, 2.24) is 15.1 Å². The first kappa shape index (κ1) is 11.9. The molecule has 2 aliphatic heterocycles. The SMILES string of the molecule is CCN1CCN(C(=O)C2(C)CCNC2)CC1. The molecular formula is C12H23N3O. The maximum atomic E-state index is 12.4. The number of amides is 1. The molecule has 4 heteroatoms. The van der Waals surface area contributed by atoms with Crippen LogP contribution in [-0.2, 0) is 4.79 Å². The fraction of sp³-hybridized carbons (Fsp3) is 0.917. The lowest BCUT2D eigenvalue weighted by Gasteiger charge is -2.38. The van der Waals surface area contributed by atoms with Crippen molar-refractivity contribution < 1.29 is 4.79 Å². The van der Waals surface area contributed by atoms with E-state index in [1.165, 1.54) is 0 Å². The van der Waals surface area contributed by atoms with Crippen molar-refractivity contribution in [2.45, 2.75) is 20.3 Å². The Kier molecular flexibility index (Phi) is 3.50. The summed E-state index contributed by atoms with van der Waals surface area (Å²) in [7, 11) is 0. The summed E-state index contributed by atoms with van der Waals surface area (Å²) in [4.78, 5) is 16.8. The average molecular weight is 225 g/mol. The van der Waals surface area contributed by atoms with Crippen molar-refractivity contribution >= 4 is 5.91 Å². The second-order valence-corrected chi connectivity index (χ2v) is 5.21. The highest BCUT2D eigenvalue weighted by Gasteiger charge is 2.39. The zero-order chi connectivity index (χ0) is 11.6. The monoisotopic (exact) mass is 225 g/mol. The smallest absolute Gasteiger partial charge is 0.229 e. The minimum Gasteiger partial charge on any atom is -0.340 e. The lowest BCUT2D eigenvalue weighted by Crippen LogP contribution is -2.52. The fourth-order valence-electron chi connectivity index (χ4n) is 2.65. The molecule has 16 heavy (non-hydrogen) atoms.